The molecule has 1 heterocycles. The maximum Gasteiger partial charge on any atom is 0.238 e. The fourth-order valence-corrected chi connectivity index (χ4v) is 2.73. The van der Waals surface area contributed by atoms with E-state index >= 15 is 0 Å². The molecule has 0 unspecified atom stereocenters. The van der Waals surface area contributed by atoms with Gasteiger partial charge in [0, 0.05) is 17.1 Å². The Balaban J connectivity index is 1.66. The van der Waals surface area contributed by atoms with E-state index in [0.29, 0.717) is 12.2 Å². The highest BCUT2D eigenvalue weighted by molar-refractivity contribution is 7.16. The Morgan fingerprint density at radius 2 is 1.95 bits per heavy atom. The molecule has 0 bridgehead atoms. The van der Waals surface area contributed by atoms with E-state index in [1.165, 1.54) is 40.5 Å². The molecule has 3 nitrogen and oxygen atoms in total. The summed E-state index contributed by atoms with van der Waals surface area (Å²) in [6.07, 6.45) is 0.835. The molecule has 0 aliphatic carbocycles. The molecule has 0 aliphatic heterocycles. The van der Waals surface area contributed by atoms with Crippen molar-refractivity contribution >= 4 is 34.5 Å². The number of benzene rings is 1. The van der Waals surface area contributed by atoms with Crippen molar-refractivity contribution in [3.8, 4) is 0 Å². The monoisotopic (exact) mass is 312 g/mol. The predicted octanol–water partition coefficient (Wildman–Crippen LogP) is 3.31. The smallest absolute Gasteiger partial charge is 0.238 e. The molecule has 0 saturated heterocycles. The summed E-state index contributed by atoms with van der Waals surface area (Å²) in [5.41, 5.74) is 0.586. The summed E-state index contributed by atoms with van der Waals surface area (Å²) >= 11 is 7.37. The molecule has 20 heavy (non-hydrogen) atoms. The average molecular weight is 313 g/mol. The summed E-state index contributed by atoms with van der Waals surface area (Å²) in [5.74, 6) is -0.475. The van der Waals surface area contributed by atoms with Crippen molar-refractivity contribution in [3.63, 3.8) is 0 Å². The van der Waals surface area contributed by atoms with Crippen LogP contribution in [0.3, 0.4) is 0 Å². The number of amides is 1. The van der Waals surface area contributed by atoms with Crippen LogP contribution < -0.4 is 10.6 Å². The lowest BCUT2D eigenvalue weighted by atomic mass is 10.3. The molecule has 1 amide bonds. The minimum absolute atomic E-state index is 0.152. The van der Waals surface area contributed by atoms with Crippen LogP contribution in [0.5, 0.6) is 0 Å². The van der Waals surface area contributed by atoms with Crippen LogP contribution >= 0.6 is 22.9 Å². The second-order valence-corrected chi connectivity index (χ2v) is 5.99. The van der Waals surface area contributed by atoms with E-state index in [2.05, 4.69) is 10.6 Å². The summed E-state index contributed by atoms with van der Waals surface area (Å²) in [6, 6.07) is 9.52. The number of halogens is 2. The van der Waals surface area contributed by atoms with Gasteiger partial charge in [-0.2, -0.15) is 0 Å². The maximum atomic E-state index is 12.7. The van der Waals surface area contributed by atoms with Crippen LogP contribution in [0.4, 0.5) is 10.1 Å². The van der Waals surface area contributed by atoms with Gasteiger partial charge in [0.25, 0.3) is 0 Å². The van der Waals surface area contributed by atoms with Gasteiger partial charge >= 0.3 is 0 Å². The van der Waals surface area contributed by atoms with Crippen molar-refractivity contribution < 1.29 is 9.18 Å². The van der Waals surface area contributed by atoms with Crippen molar-refractivity contribution in [2.45, 2.75) is 6.42 Å². The molecule has 0 atom stereocenters. The second-order valence-electron chi connectivity index (χ2n) is 4.19. The summed E-state index contributed by atoms with van der Waals surface area (Å²) < 4.78 is 13.5. The van der Waals surface area contributed by atoms with Crippen LogP contribution in [0, 0.1) is 5.82 Å². The van der Waals surface area contributed by atoms with Gasteiger partial charge in [-0.05, 0) is 42.8 Å². The first-order valence-corrected chi connectivity index (χ1v) is 7.33. The van der Waals surface area contributed by atoms with Gasteiger partial charge in [-0.3, -0.25) is 4.79 Å². The third-order valence-electron chi connectivity index (χ3n) is 2.59. The highest BCUT2D eigenvalue weighted by Crippen LogP contribution is 2.21. The average Bonchev–Trinajstić information content (AvgIpc) is 2.83. The first kappa shape index (κ1) is 15.0. The highest BCUT2D eigenvalue weighted by Gasteiger charge is 2.02. The van der Waals surface area contributed by atoms with Gasteiger partial charge in [0.1, 0.15) is 5.82 Å². The lowest BCUT2D eigenvalue weighted by molar-refractivity contribution is -0.115. The second kappa shape index (κ2) is 7.38. The first-order chi connectivity index (χ1) is 9.63. The van der Waals surface area contributed by atoms with Gasteiger partial charge in [-0.15, -0.1) is 11.3 Å². The first-order valence-electron chi connectivity index (χ1n) is 6.14. The molecule has 2 N–H and O–H groups in total. The minimum Gasteiger partial charge on any atom is -0.325 e. The van der Waals surface area contributed by atoms with Crippen molar-refractivity contribution in [2.75, 3.05) is 18.4 Å². The van der Waals surface area contributed by atoms with Gasteiger partial charge in [0.15, 0.2) is 0 Å². The fourth-order valence-electron chi connectivity index (χ4n) is 1.64. The maximum absolute atomic E-state index is 12.7. The third kappa shape index (κ3) is 4.92. The zero-order chi connectivity index (χ0) is 14.4. The Hall–Kier alpha value is -1.43. The zero-order valence-corrected chi connectivity index (χ0v) is 12.2. The van der Waals surface area contributed by atoms with Crippen LogP contribution in [-0.4, -0.2) is 19.0 Å². The number of carbonyl (C=O) groups is 1. The molecule has 0 fully saturated rings. The summed E-state index contributed by atoms with van der Waals surface area (Å²) in [7, 11) is 0. The number of anilines is 1. The van der Waals surface area contributed by atoms with Crippen LogP contribution in [0.25, 0.3) is 0 Å². The van der Waals surface area contributed by atoms with Gasteiger partial charge in [-0.25, -0.2) is 4.39 Å². The van der Waals surface area contributed by atoms with Crippen LogP contribution in [0.15, 0.2) is 36.4 Å². The van der Waals surface area contributed by atoms with Gasteiger partial charge in [0.2, 0.25) is 5.91 Å². The summed E-state index contributed by atoms with van der Waals surface area (Å²) in [4.78, 5) is 12.8. The van der Waals surface area contributed by atoms with Gasteiger partial charge in [-0.1, -0.05) is 11.6 Å². The predicted molar refractivity (Wildman–Crippen MR) is 80.9 cm³/mol. The van der Waals surface area contributed by atoms with Crippen LogP contribution in [0.1, 0.15) is 4.88 Å². The molecule has 2 rings (SSSR count). The largest absolute Gasteiger partial charge is 0.325 e. The van der Waals surface area contributed by atoms with E-state index in [1.807, 2.05) is 12.1 Å². The quantitative estimate of drug-likeness (QED) is 0.804. The highest BCUT2D eigenvalue weighted by atomic mass is 35.5. The van der Waals surface area contributed by atoms with E-state index in [4.69, 9.17) is 11.6 Å². The van der Waals surface area contributed by atoms with Crippen LogP contribution in [-0.2, 0) is 11.2 Å². The molecule has 0 spiro atoms. The van der Waals surface area contributed by atoms with E-state index < -0.39 is 0 Å². The molecule has 1 aromatic carbocycles. The Bertz CT molecular complexity index is 571. The number of nitrogens with one attached hydrogen (secondary N) is 2. The Morgan fingerprint density at radius 1 is 1.20 bits per heavy atom. The summed E-state index contributed by atoms with van der Waals surface area (Å²) in [6.45, 7) is 0.921. The molecule has 0 aliphatic rings. The van der Waals surface area contributed by atoms with Crippen molar-refractivity contribution in [3.05, 3.63) is 51.4 Å². The van der Waals surface area contributed by atoms with E-state index in [0.717, 1.165) is 10.8 Å². The van der Waals surface area contributed by atoms with E-state index in [-0.39, 0.29) is 18.3 Å². The molecule has 1 aromatic heterocycles. The van der Waals surface area contributed by atoms with Crippen molar-refractivity contribution in [2.24, 2.45) is 0 Å². The number of thiophene rings is 1. The number of carbonyl (C=O) groups excluding carboxylic acids is 1. The molecular weight excluding hydrogens is 299 g/mol. The summed E-state index contributed by atoms with van der Waals surface area (Å²) in [5, 5.41) is 5.74. The Kier molecular flexibility index (Phi) is 5.52. The van der Waals surface area contributed by atoms with E-state index in [9.17, 15) is 9.18 Å². The molecular formula is C14H14ClFN2OS. The lowest BCUT2D eigenvalue weighted by Gasteiger charge is -2.06. The molecule has 6 heteroatoms. The van der Waals surface area contributed by atoms with Gasteiger partial charge < -0.3 is 10.6 Å². The minimum atomic E-state index is -0.323. The van der Waals surface area contributed by atoms with Gasteiger partial charge in [0.05, 0.1) is 10.9 Å². The lowest BCUT2D eigenvalue weighted by Crippen LogP contribution is -2.29. The fraction of sp³-hybridized carbons (Fsp3) is 0.214. The third-order valence-corrected chi connectivity index (χ3v) is 3.88. The standard InChI is InChI=1S/C14H14ClFN2OS/c15-13-6-5-12(20-13)7-8-17-9-14(19)18-11-3-1-10(16)2-4-11/h1-6,17H,7-9H2,(H,18,19). The topological polar surface area (TPSA) is 41.1 Å². The van der Waals surface area contributed by atoms with E-state index in [1.54, 1.807) is 0 Å². The molecule has 106 valence electrons. The Labute approximate surface area is 125 Å². The van der Waals surface area contributed by atoms with Crippen LogP contribution in [0.2, 0.25) is 4.34 Å². The number of hydrogen-bond donors (Lipinski definition) is 2. The molecule has 2 aromatic rings. The molecule has 0 radical (unpaired) electrons. The Morgan fingerprint density at radius 3 is 2.60 bits per heavy atom. The SMILES string of the molecule is O=C(CNCCc1ccc(Cl)s1)Nc1ccc(F)cc1. The van der Waals surface area contributed by atoms with Crippen molar-refractivity contribution in [1.29, 1.82) is 0 Å². The molecule has 0 saturated carbocycles. The number of rotatable bonds is 6. The normalized spacial score (nSPS) is 10.5. The number of hydrogen-bond acceptors (Lipinski definition) is 3. The van der Waals surface area contributed by atoms with Crippen molar-refractivity contribution in [1.82, 2.24) is 5.32 Å². The zero-order valence-electron chi connectivity index (χ0n) is 10.7.